The number of nitrogens with zero attached hydrogens (tertiary/aromatic N) is 1. The van der Waals surface area contributed by atoms with Gasteiger partial charge in [-0.05, 0) is 56.0 Å². The molecule has 0 bridgehead atoms. The molecule has 0 spiro atoms. The highest BCUT2D eigenvalue weighted by Crippen LogP contribution is 2.35. The lowest BCUT2D eigenvalue weighted by molar-refractivity contribution is -0.186. The average Bonchev–Trinajstić information content (AvgIpc) is 3.28. The summed E-state index contributed by atoms with van der Waals surface area (Å²) in [4.78, 5) is 39.3. The van der Waals surface area contributed by atoms with Gasteiger partial charge < -0.3 is 26.2 Å². The fourth-order valence-corrected chi connectivity index (χ4v) is 5.59. The minimum absolute atomic E-state index is 0.0204. The number of alkyl halides is 3. The van der Waals surface area contributed by atoms with Gasteiger partial charge >= 0.3 is 18.1 Å². The van der Waals surface area contributed by atoms with Crippen LogP contribution in [0.5, 0.6) is 0 Å². The predicted molar refractivity (Wildman–Crippen MR) is 136 cm³/mol. The monoisotopic (exact) mass is 557 g/mol. The van der Waals surface area contributed by atoms with Gasteiger partial charge in [0.25, 0.3) is 5.91 Å². The molecule has 4 N–H and O–H groups in total. The Labute approximate surface area is 220 Å². The van der Waals surface area contributed by atoms with Gasteiger partial charge in [-0.1, -0.05) is 23.7 Å². The predicted octanol–water partition coefficient (Wildman–Crippen LogP) is 4.23. The number of halogens is 4. The zero-order chi connectivity index (χ0) is 26.6. The number of thiophene rings is 1. The Bertz CT molecular complexity index is 1140. The summed E-state index contributed by atoms with van der Waals surface area (Å²) in [5, 5.41) is 12.1. The molecule has 0 aliphatic carbocycles. The van der Waals surface area contributed by atoms with Gasteiger partial charge in [0.15, 0.2) is 0 Å². The molecule has 2 aliphatic rings. The van der Waals surface area contributed by atoms with Gasteiger partial charge in [0.05, 0.1) is 5.69 Å². The van der Waals surface area contributed by atoms with Gasteiger partial charge in [-0.2, -0.15) is 13.2 Å². The van der Waals surface area contributed by atoms with E-state index in [1.165, 1.54) is 11.3 Å². The van der Waals surface area contributed by atoms with Crippen molar-refractivity contribution in [2.75, 3.05) is 31.5 Å². The topological polar surface area (TPSA) is 103 Å². The first-order chi connectivity index (χ1) is 17.6. The van der Waals surface area contributed by atoms with Gasteiger partial charge in [-0.25, -0.2) is 4.79 Å². The fraction of sp³-hybridized carbons (Fsp3) is 0.458. The Morgan fingerprint density at radius 2 is 1.78 bits per heavy atom. The third-order valence-corrected chi connectivity index (χ3v) is 7.67. The van der Waals surface area contributed by atoms with Crippen LogP contribution in [0.25, 0.3) is 10.4 Å². The van der Waals surface area contributed by atoms with Crippen molar-refractivity contribution >= 4 is 46.5 Å². The van der Waals surface area contributed by atoms with Crippen LogP contribution in [0.2, 0.25) is 5.02 Å². The van der Waals surface area contributed by atoms with Gasteiger partial charge in [-0.3, -0.25) is 9.59 Å². The van der Waals surface area contributed by atoms with Crippen molar-refractivity contribution in [3.8, 4) is 10.4 Å². The highest BCUT2D eigenvalue weighted by molar-refractivity contribution is 7.18. The molecule has 8 nitrogen and oxygen atoms in total. The maximum atomic E-state index is 13.1. The molecule has 4 amide bonds. The van der Waals surface area contributed by atoms with Crippen LogP contribution in [-0.4, -0.2) is 67.2 Å². The smallest absolute Gasteiger partial charge is 0.347 e. The number of hydrogen-bond donors (Lipinski definition) is 4. The van der Waals surface area contributed by atoms with Crippen LogP contribution in [0, 0.1) is 0 Å². The molecule has 1 aromatic carbocycles. The SMILES string of the molecule is O=C(Nc1cc(-c2ccc(Cl)cc2)sc1C(=O)N[C@H]1CCCNC1)N[C@H]1CCCN(C(=O)C(F)(F)F)C1. The van der Waals surface area contributed by atoms with Crippen molar-refractivity contribution in [3.63, 3.8) is 0 Å². The molecule has 0 radical (unpaired) electrons. The second-order valence-electron chi connectivity index (χ2n) is 9.06. The van der Waals surface area contributed by atoms with Crippen molar-refractivity contribution < 1.29 is 27.6 Å². The van der Waals surface area contributed by atoms with Gasteiger partial charge in [0.1, 0.15) is 4.88 Å². The summed E-state index contributed by atoms with van der Waals surface area (Å²) in [6.45, 7) is 1.28. The molecule has 0 saturated carbocycles. The van der Waals surface area contributed by atoms with Crippen LogP contribution >= 0.6 is 22.9 Å². The van der Waals surface area contributed by atoms with Crippen molar-refractivity contribution in [3.05, 3.63) is 40.2 Å². The van der Waals surface area contributed by atoms with Crippen molar-refractivity contribution in [2.24, 2.45) is 0 Å². The third-order valence-electron chi connectivity index (χ3n) is 6.23. The Kier molecular flexibility index (Phi) is 8.60. The van der Waals surface area contributed by atoms with E-state index in [1.807, 2.05) is 0 Å². The first-order valence-electron chi connectivity index (χ1n) is 11.9. The molecule has 13 heteroatoms. The number of rotatable bonds is 5. The molecule has 37 heavy (non-hydrogen) atoms. The summed E-state index contributed by atoms with van der Waals surface area (Å²) in [5.74, 6) is -2.24. The number of nitrogens with one attached hydrogen (secondary N) is 4. The molecule has 2 atom stereocenters. The summed E-state index contributed by atoms with van der Waals surface area (Å²) in [6.07, 6.45) is -2.43. The quantitative estimate of drug-likeness (QED) is 0.442. The van der Waals surface area contributed by atoms with E-state index in [9.17, 15) is 27.6 Å². The zero-order valence-electron chi connectivity index (χ0n) is 19.8. The summed E-state index contributed by atoms with van der Waals surface area (Å²) >= 11 is 7.21. The van der Waals surface area contributed by atoms with Crippen LogP contribution in [-0.2, 0) is 4.79 Å². The number of urea groups is 1. The number of carbonyl (C=O) groups excluding carboxylic acids is 3. The normalized spacial score (nSPS) is 20.3. The Morgan fingerprint density at radius 3 is 2.46 bits per heavy atom. The number of amides is 4. The van der Waals surface area contributed by atoms with Crippen molar-refractivity contribution in [1.82, 2.24) is 20.9 Å². The summed E-state index contributed by atoms with van der Waals surface area (Å²) in [7, 11) is 0. The van der Waals surface area contributed by atoms with Gasteiger partial charge in [0, 0.05) is 41.6 Å². The standard InChI is InChI=1S/C24H27ClF3N5O3S/c25-15-7-5-14(6-8-15)19-11-18(20(37-19)21(34)30-16-3-1-9-29-12-16)32-23(36)31-17-4-2-10-33(13-17)22(35)24(26,27)28/h5-8,11,16-17,29H,1-4,9-10,12-13H2,(H,30,34)(H2,31,32,36)/t16-,17-/m0/s1. The number of benzene rings is 1. The van der Waals surface area contributed by atoms with E-state index in [1.54, 1.807) is 30.3 Å². The van der Waals surface area contributed by atoms with Crippen molar-refractivity contribution in [1.29, 1.82) is 0 Å². The average molecular weight is 558 g/mol. The lowest BCUT2D eigenvalue weighted by Crippen LogP contribution is -2.53. The summed E-state index contributed by atoms with van der Waals surface area (Å²) < 4.78 is 38.5. The van der Waals surface area contributed by atoms with Gasteiger partial charge in [-0.15, -0.1) is 11.3 Å². The Hall–Kier alpha value is -2.83. The summed E-state index contributed by atoms with van der Waals surface area (Å²) in [5.41, 5.74) is 1.09. The fourth-order valence-electron chi connectivity index (χ4n) is 4.44. The molecular formula is C24H27ClF3N5O3S. The molecule has 2 fully saturated rings. The number of likely N-dealkylation sites (tertiary alicyclic amines) is 1. The highest BCUT2D eigenvalue weighted by atomic mass is 35.5. The van der Waals surface area contributed by atoms with Crippen LogP contribution in [0.1, 0.15) is 35.4 Å². The molecular weight excluding hydrogens is 531 g/mol. The molecule has 1 aromatic heterocycles. The van der Waals surface area contributed by atoms with Gasteiger partial charge in [0.2, 0.25) is 0 Å². The first-order valence-corrected chi connectivity index (χ1v) is 13.1. The number of carbonyl (C=O) groups is 3. The van der Waals surface area contributed by atoms with Crippen LogP contribution in [0.15, 0.2) is 30.3 Å². The second-order valence-corrected chi connectivity index (χ2v) is 10.6. The number of piperidine rings is 2. The first kappa shape index (κ1) is 27.2. The largest absolute Gasteiger partial charge is 0.471 e. The third kappa shape index (κ3) is 7.14. The van der Waals surface area contributed by atoms with E-state index in [0.717, 1.165) is 29.8 Å². The van der Waals surface area contributed by atoms with E-state index < -0.39 is 24.2 Å². The Morgan fingerprint density at radius 1 is 1.05 bits per heavy atom. The van der Waals surface area contributed by atoms with E-state index in [2.05, 4.69) is 21.3 Å². The second kappa shape index (κ2) is 11.7. The minimum Gasteiger partial charge on any atom is -0.347 e. The Balaban J connectivity index is 1.48. The molecule has 2 saturated heterocycles. The molecule has 4 rings (SSSR count). The van der Waals surface area contributed by atoms with E-state index >= 15 is 0 Å². The van der Waals surface area contributed by atoms with Crippen molar-refractivity contribution in [2.45, 2.75) is 43.9 Å². The molecule has 3 heterocycles. The molecule has 200 valence electrons. The molecule has 2 aliphatic heterocycles. The van der Waals surface area contributed by atoms with E-state index in [4.69, 9.17) is 11.6 Å². The van der Waals surface area contributed by atoms with Crippen LogP contribution in [0.4, 0.5) is 23.7 Å². The zero-order valence-corrected chi connectivity index (χ0v) is 21.4. The maximum absolute atomic E-state index is 13.1. The summed E-state index contributed by atoms with van der Waals surface area (Å²) in [6, 6.07) is 7.38. The lowest BCUT2D eigenvalue weighted by atomic mass is 10.1. The minimum atomic E-state index is -4.96. The lowest BCUT2D eigenvalue weighted by Gasteiger charge is -2.33. The highest BCUT2D eigenvalue weighted by Gasteiger charge is 2.43. The van der Waals surface area contributed by atoms with E-state index in [0.29, 0.717) is 34.2 Å². The molecule has 2 aromatic rings. The van der Waals surface area contributed by atoms with Crippen LogP contribution < -0.4 is 21.3 Å². The molecule has 0 unspecified atom stereocenters. The number of anilines is 1. The number of hydrogen-bond acceptors (Lipinski definition) is 5. The maximum Gasteiger partial charge on any atom is 0.471 e. The van der Waals surface area contributed by atoms with Crippen LogP contribution in [0.3, 0.4) is 0 Å². The van der Waals surface area contributed by atoms with E-state index in [-0.39, 0.29) is 30.7 Å².